The van der Waals surface area contributed by atoms with Crippen LogP contribution in [0.5, 0.6) is 0 Å². The predicted molar refractivity (Wildman–Crippen MR) is 145 cm³/mol. The summed E-state index contributed by atoms with van der Waals surface area (Å²) in [5, 5.41) is 7.72. The number of nitrogens with one attached hydrogen (secondary N) is 2. The summed E-state index contributed by atoms with van der Waals surface area (Å²) in [4.78, 5) is 26.3. The summed E-state index contributed by atoms with van der Waals surface area (Å²) in [6, 6.07) is 4.00. The lowest BCUT2D eigenvalue weighted by Crippen LogP contribution is -2.29. The molecule has 194 valence electrons. The Labute approximate surface area is 219 Å². The van der Waals surface area contributed by atoms with Gasteiger partial charge in [0.25, 0.3) is 0 Å². The van der Waals surface area contributed by atoms with Crippen molar-refractivity contribution in [1.29, 1.82) is 0 Å². The minimum Gasteiger partial charge on any atom is -0.370 e. The van der Waals surface area contributed by atoms with Crippen LogP contribution in [0.2, 0.25) is 0 Å². The largest absolute Gasteiger partial charge is 0.370 e. The second kappa shape index (κ2) is 9.75. The SMILES string of the molecule is Fc1c(-c2cncc(CN3CCCCC3)c2)ncc2[nH]nc(-c3nc4c(N5CCCCC5)ccnc4[nH]3)c12. The molecule has 2 aliphatic rings. The highest BCUT2D eigenvalue weighted by molar-refractivity contribution is 5.96. The number of anilines is 1. The van der Waals surface area contributed by atoms with E-state index < -0.39 is 5.82 Å². The fourth-order valence-corrected chi connectivity index (χ4v) is 5.83. The van der Waals surface area contributed by atoms with E-state index in [4.69, 9.17) is 4.98 Å². The van der Waals surface area contributed by atoms with Gasteiger partial charge in [-0.25, -0.2) is 14.4 Å². The Bertz CT molecular complexity index is 1600. The van der Waals surface area contributed by atoms with Gasteiger partial charge in [0.15, 0.2) is 17.3 Å². The highest BCUT2D eigenvalue weighted by Crippen LogP contribution is 2.34. The zero-order valence-electron chi connectivity index (χ0n) is 21.3. The molecule has 0 amide bonds. The highest BCUT2D eigenvalue weighted by Gasteiger charge is 2.23. The topological polar surface area (TPSA) is 103 Å². The summed E-state index contributed by atoms with van der Waals surface area (Å²) in [7, 11) is 0. The molecule has 2 saturated heterocycles. The molecule has 10 heteroatoms. The number of pyridine rings is 3. The average Bonchev–Trinajstić information content (AvgIpc) is 3.59. The van der Waals surface area contributed by atoms with Gasteiger partial charge in [0.2, 0.25) is 0 Å². The second-order valence-corrected chi connectivity index (χ2v) is 10.4. The van der Waals surface area contributed by atoms with Crippen molar-refractivity contribution in [3.05, 3.63) is 48.3 Å². The van der Waals surface area contributed by atoms with Crippen LogP contribution in [0.25, 0.3) is 44.8 Å². The molecule has 9 nitrogen and oxygen atoms in total. The van der Waals surface area contributed by atoms with Gasteiger partial charge in [-0.05, 0) is 62.9 Å². The van der Waals surface area contributed by atoms with Crippen LogP contribution in [0.3, 0.4) is 0 Å². The highest BCUT2D eigenvalue weighted by atomic mass is 19.1. The minimum atomic E-state index is -0.437. The summed E-state index contributed by atoms with van der Waals surface area (Å²) in [6.07, 6.45) is 14.3. The molecule has 0 saturated carbocycles. The van der Waals surface area contributed by atoms with Crippen molar-refractivity contribution < 1.29 is 4.39 Å². The van der Waals surface area contributed by atoms with E-state index in [0.29, 0.717) is 33.6 Å². The molecule has 0 bridgehead atoms. The summed E-state index contributed by atoms with van der Waals surface area (Å²) < 4.78 is 16.1. The zero-order valence-corrected chi connectivity index (χ0v) is 21.3. The molecule has 0 aliphatic carbocycles. The van der Waals surface area contributed by atoms with Crippen molar-refractivity contribution >= 4 is 27.8 Å². The number of aromatic nitrogens is 7. The Morgan fingerprint density at radius 3 is 2.55 bits per heavy atom. The smallest absolute Gasteiger partial charge is 0.161 e. The molecule has 0 radical (unpaired) electrons. The van der Waals surface area contributed by atoms with Crippen LogP contribution in [0.4, 0.5) is 10.1 Å². The number of fused-ring (bicyclic) bond motifs is 2. The van der Waals surface area contributed by atoms with Crippen molar-refractivity contribution in [2.45, 2.75) is 45.1 Å². The first kappa shape index (κ1) is 23.2. The Hall–Kier alpha value is -3.92. The van der Waals surface area contributed by atoms with E-state index in [-0.39, 0.29) is 5.69 Å². The third-order valence-corrected chi connectivity index (χ3v) is 7.75. The van der Waals surface area contributed by atoms with E-state index in [2.05, 4.69) is 39.9 Å². The summed E-state index contributed by atoms with van der Waals surface area (Å²) in [6.45, 7) is 5.00. The molecule has 0 spiro atoms. The Morgan fingerprint density at radius 1 is 0.895 bits per heavy atom. The van der Waals surface area contributed by atoms with Gasteiger partial charge in [0.1, 0.15) is 16.9 Å². The number of hydrogen-bond acceptors (Lipinski definition) is 7. The molecule has 0 atom stereocenters. The van der Waals surface area contributed by atoms with Crippen LogP contribution in [-0.2, 0) is 6.54 Å². The normalized spacial score (nSPS) is 17.0. The fourth-order valence-electron chi connectivity index (χ4n) is 5.83. The zero-order chi connectivity index (χ0) is 25.5. The minimum absolute atomic E-state index is 0.261. The number of likely N-dealkylation sites (tertiary alicyclic amines) is 1. The molecular weight excluding hydrogens is 481 g/mol. The van der Waals surface area contributed by atoms with E-state index in [0.717, 1.165) is 49.5 Å². The van der Waals surface area contributed by atoms with Crippen LogP contribution >= 0.6 is 0 Å². The maximum atomic E-state index is 16.1. The Balaban J connectivity index is 1.27. The van der Waals surface area contributed by atoms with Crippen LogP contribution in [0.1, 0.15) is 44.1 Å². The number of nitrogens with zero attached hydrogens (tertiary/aromatic N) is 7. The monoisotopic (exact) mass is 511 g/mol. The average molecular weight is 512 g/mol. The van der Waals surface area contributed by atoms with Crippen LogP contribution in [0.15, 0.2) is 36.9 Å². The van der Waals surface area contributed by atoms with E-state index in [1.807, 2.05) is 18.3 Å². The number of imidazole rings is 1. The Kier molecular flexibility index (Phi) is 5.96. The standard InChI is InChI=1S/C28H30FN9/c29-23-22-20(16-32-24(23)19-13-18(14-30-15-19)17-37-9-3-1-4-10-37)35-36-26(22)28-33-25-21(7-8-31-27(25)34-28)38-11-5-2-6-12-38/h7-8,13-16H,1-6,9-12,17H2,(H,35,36)(H,31,33,34). The van der Waals surface area contributed by atoms with Gasteiger partial charge in [0.05, 0.1) is 22.8 Å². The van der Waals surface area contributed by atoms with Gasteiger partial charge in [0, 0.05) is 43.8 Å². The number of hydrogen-bond donors (Lipinski definition) is 2. The van der Waals surface area contributed by atoms with Gasteiger partial charge in [-0.1, -0.05) is 6.42 Å². The molecular formula is C28H30FN9. The van der Waals surface area contributed by atoms with Gasteiger partial charge in [-0.15, -0.1) is 0 Å². The van der Waals surface area contributed by atoms with Crippen molar-refractivity contribution in [1.82, 2.24) is 40.0 Å². The third kappa shape index (κ3) is 4.18. The fraction of sp³-hybridized carbons (Fsp3) is 0.393. The van der Waals surface area contributed by atoms with E-state index in [9.17, 15) is 0 Å². The van der Waals surface area contributed by atoms with Gasteiger partial charge in [-0.3, -0.25) is 20.0 Å². The van der Waals surface area contributed by atoms with Crippen molar-refractivity contribution in [3.8, 4) is 22.8 Å². The lowest BCUT2D eigenvalue weighted by Gasteiger charge is -2.28. The van der Waals surface area contributed by atoms with Gasteiger partial charge < -0.3 is 9.88 Å². The first-order valence-electron chi connectivity index (χ1n) is 13.5. The number of rotatable bonds is 5. The van der Waals surface area contributed by atoms with Crippen molar-refractivity contribution in [2.75, 3.05) is 31.1 Å². The lowest BCUT2D eigenvalue weighted by molar-refractivity contribution is 0.220. The molecule has 0 unspecified atom stereocenters. The predicted octanol–water partition coefficient (Wildman–Crippen LogP) is 5.07. The summed E-state index contributed by atoms with van der Waals surface area (Å²) in [5.74, 6) is 0.0454. The molecule has 38 heavy (non-hydrogen) atoms. The van der Waals surface area contributed by atoms with E-state index in [1.54, 1.807) is 18.6 Å². The van der Waals surface area contributed by atoms with E-state index in [1.165, 1.54) is 38.5 Å². The molecule has 2 N–H and O–H groups in total. The maximum Gasteiger partial charge on any atom is 0.161 e. The number of aromatic amines is 2. The quantitative estimate of drug-likeness (QED) is 0.339. The molecule has 5 aromatic rings. The molecule has 7 heterocycles. The molecule has 2 fully saturated rings. The molecule has 5 aromatic heterocycles. The number of piperidine rings is 2. The Morgan fingerprint density at radius 2 is 1.71 bits per heavy atom. The summed E-state index contributed by atoms with van der Waals surface area (Å²) in [5.41, 5.74) is 5.42. The van der Waals surface area contributed by atoms with Crippen molar-refractivity contribution in [3.63, 3.8) is 0 Å². The first-order chi connectivity index (χ1) is 18.7. The number of H-pyrrole nitrogens is 2. The van der Waals surface area contributed by atoms with Crippen LogP contribution < -0.4 is 4.90 Å². The van der Waals surface area contributed by atoms with Gasteiger partial charge >= 0.3 is 0 Å². The van der Waals surface area contributed by atoms with Crippen LogP contribution in [-0.4, -0.2) is 66.2 Å². The first-order valence-corrected chi connectivity index (χ1v) is 13.5. The second-order valence-electron chi connectivity index (χ2n) is 10.4. The van der Waals surface area contributed by atoms with Gasteiger partial charge in [-0.2, -0.15) is 5.10 Å². The van der Waals surface area contributed by atoms with Crippen LogP contribution in [0, 0.1) is 5.82 Å². The molecule has 2 aliphatic heterocycles. The number of halogens is 1. The lowest BCUT2D eigenvalue weighted by atomic mass is 10.1. The summed E-state index contributed by atoms with van der Waals surface area (Å²) >= 11 is 0. The van der Waals surface area contributed by atoms with E-state index >= 15 is 4.39 Å². The van der Waals surface area contributed by atoms with Crippen molar-refractivity contribution in [2.24, 2.45) is 0 Å². The molecule has 7 rings (SSSR count). The third-order valence-electron chi connectivity index (χ3n) is 7.75. The molecule has 0 aromatic carbocycles. The maximum absolute atomic E-state index is 16.1.